The summed E-state index contributed by atoms with van der Waals surface area (Å²) in [4.78, 5) is 13.0. The zero-order valence-corrected chi connectivity index (χ0v) is 23.5. The monoisotopic (exact) mass is 565 g/mol. The molecule has 4 aromatic rings. The highest BCUT2D eigenvalue weighted by Crippen LogP contribution is 2.31. The van der Waals surface area contributed by atoms with Gasteiger partial charge in [0.25, 0.3) is 0 Å². The molecule has 0 radical (unpaired) electrons. The molecule has 9 heteroatoms. The van der Waals surface area contributed by atoms with Gasteiger partial charge >= 0.3 is 0 Å². The molecule has 0 bridgehead atoms. The second-order valence-electron chi connectivity index (χ2n) is 9.43. The van der Waals surface area contributed by atoms with Gasteiger partial charge in [0, 0.05) is 17.2 Å². The quantitative estimate of drug-likeness (QED) is 0.141. The molecular formula is C30H33ClFN5OS. The van der Waals surface area contributed by atoms with Crippen molar-refractivity contribution in [2.45, 2.75) is 56.0 Å². The molecule has 1 amide bonds. The molecule has 39 heavy (non-hydrogen) atoms. The Kier molecular flexibility index (Phi) is 10.5. The van der Waals surface area contributed by atoms with Crippen molar-refractivity contribution in [2.24, 2.45) is 5.73 Å². The number of unbranched alkanes of at least 4 members (excludes halogenated alkanes) is 2. The Bertz CT molecular complexity index is 1360. The predicted molar refractivity (Wildman–Crippen MR) is 156 cm³/mol. The first-order valence-electron chi connectivity index (χ1n) is 13.1. The summed E-state index contributed by atoms with van der Waals surface area (Å²) in [7, 11) is 0. The van der Waals surface area contributed by atoms with Crippen LogP contribution in [0.25, 0.3) is 5.69 Å². The molecule has 1 aromatic heterocycles. The molecule has 0 aliphatic carbocycles. The molecule has 3 N–H and O–H groups in total. The maximum absolute atomic E-state index is 13.4. The predicted octanol–water partition coefficient (Wildman–Crippen LogP) is 6.58. The molecule has 1 atom stereocenters. The molecular weight excluding hydrogens is 533 g/mol. The van der Waals surface area contributed by atoms with Crippen LogP contribution in [0.2, 0.25) is 5.02 Å². The van der Waals surface area contributed by atoms with E-state index < -0.39 is 6.04 Å². The molecule has 0 saturated heterocycles. The Morgan fingerprint density at radius 3 is 2.54 bits per heavy atom. The summed E-state index contributed by atoms with van der Waals surface area (Å²) in [6.45, 7) is 2.63. The van der Waals surface area contributed by atoms with E-state index in [1.54, 1.807) is 12.1 Å². The van der Waals surface area contributed by atoms with Crippen molar-refractivity contribution in [1.29, 1.82) is 0 Å². The molecule has 0 aliphatic rings. The lowest BCUT2D eigenvalue weighted by atomic mass is 10.0. The average Bonchev–Trinajstić information content (AvgIpc) is 3.36. The maximum atomic E-state index is 13.4. The number of halogens is 2. The van der Waals surface area contributed by atoms with E-state index in [2.05, 4.69) is 15.5 Å². The second kappa shape index (κ2) is 14.3. The smallest absolute Gasteiger partial charge is 0.220 e. The number of nitrogens with zero attached hydrogens (tertiary/aromatic N) is 3. The number of amides is 1. The Morgan fingerprint density at radius 2 is 1.79 bits per heavy atom. The third-order valence-corrected chi connectivity index (χ3v) is 7.62. The van der Waals surface area contributed by atoms with Crippen LogP contribution < -0.4 is 11.1 Å². The van der Waals surface area contributed by atoms with Crippen molar-refractivity contribution in [1.82, 2.24) is 20.1 Å². The highest BCUT2D eigenvalue weighted by atomic mass is 35.5. The normalized spacial score (nSPS) is 11.9. The van der Waals surface area contributed by atoms with Gasteiger partial charge in [-0.15, -0.1) is 10.2 Å². The standard InChI is InChI=1S/C30H33ClFN5OS/c1-21-11-14-24(31)19-27(21)37-29(35-36-30(37)39-20-23-12-15-25(32)16-13-23)26(18-22-8-4-2-5-9-22)34-28(38)10-6-3-7-17-33/h2,4-5,8-9,11-16,19,26H,3,6-7,10,17-18,20,33H2,1H3,(H,34,38). The fraction of sp³-hybridized carbons (Fsp3) is 0.300. The van der Waals surface area contributed by atoms with Gasteiger partial charge in [0.15, 0.2) is 11.0 Å². The molecule has 6 nitrogen and oxygen atoms in total. The van der Waals surface area contributed by atoms with Gasteiger partial charge in [0.05, 0.1) is 11.7 Å². The van der Waals surface area contributed by atoms with Crippen LogP contribution in [0.3, 0.4) is 0 Å². The van der Waals surface area contributed by atoms with Crippen LogP contribution in [0.4, 0.5) is 4.39 Å². The van der Waals surface area contributed by atoms with Gasteiger partial charge in [-0.05, 0) is 73.7 Å². The molecule has 1 unspecified atom stereocenters. The third kappa shape index (κ3) is 8.14. The molecule has 0 fully saturated rings. The number of aryl methyl sites for hydroxylation is 1. The summed E-state index contributed by atoms with van der Waals surface area (Å²) < 4.78 is 15.4. The third-order valence-electron chi connectivity index (χ3n) is 6.39. The van der Waals surface area contributed by atoms with E-state index in [0.29, 0.717) is 41.1 Å². The van der Waals surface area contributed by atoms with Crippen molar-refractivity contribution in [3.05, 3.63) is 106 Å². The number of carbonyl (C=O) groups excluding carboxylic acids is 1. The zero-order chi connectivity index (χ0) is 27.6. The minimum absolute atomic E-state index is 0.0363. The van der Waals surface area contributed by atoms with Gasteiger partial charge in [-0.25, -0.2) is 4.39 Å². The Morgan fingerprint density at radius 1 is 1.03 bits per heavy atom. The Labute approximate surface area is 238 Å². The lowest BCUT2D eigenvalue weighted by molar-refractivity contribution is -0.122. The number of aromatic nitrogens is 3. The molecule has 4 rings (SSSR count). The summed E-state index contributed by atoms with van der Waals surface area (Å²) in [5.74, 6) is 0.896. The lowest BCUT2D eigenvalue weighted by Crippen LogP contribution is -2.32. The van der Waals surface area contributed by atoms with Gasteiger partial charge in [0.1, 0.15) is 5.82 Å². The van der Waals surface area contributed by atoms with Crippen molar-refractivity contribution < 1.29 is 9.18 Å². The highest BCUT2D eigenvalue weighted by molar-refractivity contribution is 7.98. The molecule has 0 saturated carbocycles. The summed E-state index contributed by atoms with van der Waals surface area (Å²) >= 11 is 7.93. The van der Waals surface area contributed by atoms with Gasteiger partial charge in [-0.1, -0.05) is 78.3 Å². The van der Waals surface area contributed by atoms with Crippen LogP contribution in [0.5, 0.6) is 0 Å². The van der Waals surface area contributed by atoms with Crippen LogP contribution in [0.15, 0.2) is 78.0 Å². The summed E-state index contributed by atoms with van der Waals surface area (Å²) in [6.07, 6.45) is 3.56. The van der Waals surface area contributed by atoms with Gasteiger partial charge in [0.2, 0.25) is 5.91 Å². The van der Waals surface area contributed by atoms with Gasteiger partial charge < -0.3 is 11.1 Å². The number of hydrogen-bond donors (Lipinski definition) is 2. The van der Waals surface area contributed by atoms with Crippen molar-refractivity contribution in [3.63, 3.8) is 0 Å². The number of carbonyl (C=O) groups is 1. The Hall–Kier alpha value is -3.20. The topological polar surface area (TPSA) is 85.8 Å². The zero-order valence-electron chi connectivity index (χ0n) is 21.9. The molecule has 1 heterocycles. The summed E-state index contributed by atoms with van der Waals surface area (Å²) in [5, 5.41) is 13.6. The largest absolute Gasteiger partial charge is 0.346 e. The first kappa shape index (κ1) is 28.8. The fourth-order valence-electron chi connectivity index (χ4n) is 4.31. The molecule has 204 valence electrons. The number of rotatable bonds is 13. The van der Waals surface area contributed by atoms with Crippen LogP contribution in [-0.2, 0) is 17.0 Å². The van der Waals surface area contributed by atoms with E-state index in [9.17, 15) is 9.18 Å². The highest BCUT2D eigenvalue weighted by Gasteiger charge is 2.25. The fourth-order valence-corrected chi connectivity index (χ4v) is 5.38. The van der Waals surface area contributed by atoms with E-state index >= 15 is 0 Å². The second-order valence-corrected chi connectivity index (χ2v) is 10.8. The first-order chi connectivity index (χ1) is 18.9. The number of nitrogens with one attached hydrogen (secondary N) is 1. The van der Waals surface area contributed by atoms with Crippen LogP contribution >= 0.6 is 23.4 Å². The maximum Gasteiger partial charge on any atom is 0.220 e. The van der Waals surface area contributed by atoms with Gasteiger partial charge in [-0.2, -0.15) is 0 Å². The average molecular weight is 566 g/mol. The minimum atomic E-state index is -0.416. The van der Waals surface area contributed by atoms with Crippen LogP contribution in [0.1, 0.15) is 54.2 Å². The van der Waals surface area contributed by atoms with E-state index in [1.165, 1.54) is 23.9 Å². The molecule has 3 aromatic carbocycles. The Balaban J connectivity index is 1.70. The minimum Gasteiger partial charge on any atom is -0.346 e. The van der Waals surface area contributed by atoms with E-state index in [0.717, 1.165) is 41.6 Å². The number of nitrogens with two attached hydrogens (primary N) is 1. The first-order valence-corrected chi connectivity index (χ1v) is 14.4. The van der Waals surface area contributed by atoms with E-state index in [1.807, 2.05) is 60.0 Å². The molecule has 0 spiro atoms. The van der Waals surface area contributed by atoms with Crippen molar-refractivity contribution >= 4 is 29.3 Å². The van der Waals surface area contributed by atoms with Crippen molar-refractivity contribution in [2.75, 3.05) is 6.54 Å². The summed E-state index contributed by atoms with van der Waals surface area (Å²) in [5.41, 5.74) is 9.49. The van der Waals surface area contributed by atoms with Crippen LogP contribution in [0, 0.1) is 12.7 Å². The summed E-state index contributed by atoms with van der Waals surface area (Å²) in [6, 6.07) is 21.7. The van der Waals surface area contributed by atoms with Crippen molar-refractivity contribution in [3.8, 4) is 5.69 Å². The number of thioether (sulfide) groups is 1. The van der Waals surface area contributed by atoms with E-state index in [-0.39, 0.29) is 11.7 Å². The SMILES string of the molecule is Cc1ccc(Cl)cc1-n1c(SCc2ccc(F)cc2)nnc1C(Cc1ccccc1)NC(=O)CCCCCN. The molecule has 0 aliphatic heterocycles. The van der Waals surface area contributed by atoms with E-state index in [4.69, 9.17) is 17.3 Å². The lowest BCUT2D eigenvalue weighted by Gasteiger charge is -2.21. The number of benzene rings is 3. The van der Waals surface area contributed by atoms with Gasteiger partial charge in [-0.3, -0.25) is 9.36 Å². The number of hydrogen-bond acceptors (Lipinski definition) is 5. The van der Waals surface area contributed by atoms with Crippen LogP contribution in [-0.4, -0.2) is 27.2 Å².